The van der Waals surface area contributed by atoms with Gasteiger partial charge in [0.1, 0.15) is 0 Å². The molecule has 5 aliphatic rings. The number of allylic oxidation sites excluding steroid dienone is 2. The second-order valence-corrected chi connectivity index (χ2v) is 11.0. The summed E-state index contributed by atoms with van der Waals surface area (Å²) in [5.74, 6) is 3.06. The standard InChI is InChI=1S/C28H45NO4/c30-27(21-28-18-24-15-25(19-28)17-26(16-24)20-28)29-9-5-2-6-10-31-11-12-32-13-14-33-22-23-7-3-1-4-8-23/h3,7-8,24-26H,1-2,4-6,9-22H2,(H,29,30). The molecular formula is C28H45NO4. The Hall–Kier alpha value is -1.17. The first-order chi connectivity index (χ1) is 16.2. The lowest BCUT2D eigenvalue weighted by Crippen LogP contribution is -2.48. The predicted molar refractivity (Wildman–Crippen MR) is 131 cm³/mol. The fourth-order valence-corrected chi connectivity index (χ4v) is 7.05. The average molecular weight is 460 g/mol. The van der Waals surface area contributed by atoms with Gasteiger partial charge >= 0.3 is 0 Å². The maximum Gasteiger partial charge on any atom is 0.220 e. The molecule has 0 aromatic rings. The molecule has 1 amide bonds. The van der Waals surface area contributed by atoms with Crippen molar-refractivity contribution in [3.8, 4) is 0 Å². The third-order valence-electron chi connectivity index (χ3n) is 8.07. The van der Waals surface area contributed by atoms with Crippen LogP contribution in [-0.4, -0.2) is 52.1 Å². The molecule has 5 rings (SSSR count). The van der Waals surface area contributed by atoms with E-state index in [1.807, 2.05) is 0 Å². The van der Waals surface area contributed by atoms with Gasteiger partial charge in [0.25, 0.3) is 0 Å². The van der Waals surface area contributed by atoms with Gasteiger partial charge in [0.05, 0.1) is 33.0 Å². The van der Waals surface area contributed by atoms with Crippen LogP contribution in [0.5, 0.6) is 0 Å². The van der Waals surface area contributed by atoms with E-state index in [4.69, 9.17) is 14.2 Å². The van der Waals surface area contributed by atoms with E-state index >= 15 is 0 Å². The van der Waals surface area contributed by atoms with Crippen LogP contribution in [0.2, 0.25) is 0 Å². The molecule has 4 bridgehead atoms. The van der Waals surface area contributed by atoms with Gasteiger partial charge in [0, 0.05) is 19.6 Å². The number of rotatable bonds is 16. The lowest BCUT2D eigenvalue weighted by atomic mass is 9.49. The van der Waals surface area contributed by atoms with Gasteiger partial charge in [0.15, 0.2) is 0 Å². The maximum absolute atomic E-state index is 12.5. The summed E-state index contributed by atoms with van der Waals surface area (Å²) in [6, 6.07) is 0. The highest BCUT2D eigenvalue weighted by molar-refractivity contribution is 5.76. The number of unbranched alkanes of at least 4 members (excludes halogenated alkanes) is 2. The van der Waals surface area contributed by atoms with Gasteiger partial charge in [-0.15, -0.1) is 0 Å². The summed E-state index contributed by atoms with van der Waals surface area (Å²) < 4.78 is 16.8. The molecule has 0 atom stereocenters. The van der Waals surface area contributed by atoms with E-state index in [0.717, 1.165) is 69.4 Å². The lowest BCUT2D eigenvalue weighted by Gasteiger charge is -2.56. The topological polar surface area (TPSA) is 56.8 Å². The van der Waals surface area contributed by atoms with Crippen molar-refractivity contribution in [2.45, 2.75) is 77.0 Å². The molecule has 0 unspecified atom stereocenters. The first kappa shape index (κ1) is 24.9. The highest BCUT2D eigenvalue weighted by Crippen LogP contribution is 2.61. The minimum absolute atomic E-state index is 0.293. The Bertz CT molecular complexity index is 636. The molecule has 0 aromatic carbocycles. The minimum Gasteiger partial charge on any atom is -0.379 e. The van der Waals surface area contributed by atoms with Crippen molar-refractivity contribution in [3.63, 3.8) is 0 Å². The van der Waals surface area contributed by atoms with Crippen LogP contribution in [0.25, 0.3) is 0 Å². The largest absolute Gasteiger partial charge is 0.379 e. The van der Waals surface area contributed by atoms with E-state index in [9.17, 15) is 4.79 Å². The fourth-order valence-electron chi connectivity index (χ4n) is 7.05. The van der Waals surface area contributed by atoms with Gasteiger partial charge in [-0.05, 0) is 99.4 Å². The smallest absolute Gasteiger partial charge is 0.220 e. The van der Waals surface area contributed by atoms with E-state index in [1.54, 1.807) is 0 Å². The van der Waals surface area contributed by atoms with Crippen LogP contribution in [0.4, 0.5) is 0 Å². The number of carbonyl (C=O) groups excluding carboxylic acids is 1. The Morgan fingerprint density at radius 2 is 1.52 bits per heavy atom. The Labute approximate surface area is 200 Å². The Balaban J connectivity index is 0.911. The van der Waals surface area contributed by atoms with E-state index in [0.29, 0.717) is 44.4 Å². The lowest BCUT2D eigenvalue weighted by molar-refractivity contribution is -0.129. The fraction of sp³-hybridized carbons (Fsp3) is 0.821. The van der Waals surface area contributed by atoms with Crippen molar-refractivity contribution in [3.05, 3.63) is 23.8 Å². The Morgan fingerprint density at radius 1 is 0.848 bits per heavy atom. The molecule has 186 valence electrons. The number of nitrogens with one attached hydrogen (secondary N) is 1. The number of carbonyl (C=O) groups is 1. The molecule has 5 heteroatoms. The molecule has 5 aliphatic carbocycles. The van der Waals surface area contributed by atoms with Crippen LogP contribution in [0.15, 0.2) is 23.8 Å². The number of amides is 1. The number of ether oxygens (including phenoxy) is 3. The summed E-state index contributed by atoms with van der Waals surface area (Å²) in [5, 5.41) is 3.20. The van der Waals surface area contributed by atoms with Gasteiger partial charge in [0.2, 0.25) is 5.91 Å². The highest BCUT2D eigenvalue weighted by atomic mass is 16.5. The molecule has 4 fully saturated rings. The summed E-state index contributed by atoms with van der Waals surface area (Å²) in [4.78, 5) is 12.5. The second-order valence-electron chi connectivity index (χ2n) is 11.0. The van der Waals surface area contributed by atoms with Crippen LogP contribution in [-0.2, 0) is 19.0 Å². The number of hydrogen-bond donors (Lipinski definition) is 1. The normalized spacial score (nSPS) is 29.9. The zero-order chi connectivity index (χ0) is 22.8. The maximum atomic E-state index is 12.5. The Kier molecular flexibility index (Phi) is 9.87. The monoisotopic (exact) mass is 459 g/mol. The van der Waals surface area contributed by atoms with Crippen LogP contribution in [0.1, 0.15) is 77.0 Å². The Morgan fingerprint density at radius 3 is 2.18 bits per heavy atom. The van der Waals surface area contributed by atoms with Crippen LogP contribution in [0.3, 0.4) is 0 Å². The van der Waals surface area contributed by atoms with Crippen molar-refractivity contribution >= 4 is 5.91 Å². The third kappa shape index (κ3) is 8.22. The molecule has 0 spiro atoms. The third-order valence-corrected chi connectivity index (χ3v) is 8.07. The van der Waals surface area contributed by atoms with Crippen molar-refractivity contribution in [2.75, 3.05) is 46.2 Å². The molecule has 0 aromatic heterocycles. The second kappa shape index (κ2) is 13.1. The van der Waals surface area contributed by atoms with Gasteiger partial charge in [-0.3, -0.25) is 4.79 Å². The molecule has 5 nitrogen and oxygen atoms in total. The predicted octanol–water partition coefficient (Wildman–Crippen LogP) is 5.21. The van der Waals surface area contributed by atoms with Gasteiger partial charge in [-0.25, -0.2) is 0 Å². The van der Waals surface area contributed by atoms with Crippen LogP contribution in [0, 0.1) is 23.2 Å². The van der Waals surface area contributed by atoms with Gasteiger partial charge < -0.3 is 19.5 Å². The van der Waals surface area contributed by atoms with Crippen molar-refractivity contribution in [1.29, 1.82) is 0 Å². The molecule has 4 saturated carbocycles. The molecule has 0 radical (unpaired) electrons. The molecule has 33 heavy (non-hydrogen) atoms. The van der Waals surface area contributed by atoms with E-state index in [2.05, 4.69) is 23.5 Å². The van der Waals surface area contributed by atoms with Crippen molar-refractivity contribution < 1.29 is 19.0 Å². The minimum atomic E-state index is 0.293. The highest BCUT2D eigenvalue weighted by Gasteiger charge is 2.51. The molecule has 0 saturated heterocycles. The van der Waals surface area contributed by atoms with E-state index in [-0.39, 0.29) is 0 Å². The molecule has 0 heterocycles. The van der Waals surface area contributed by atoms with Crippen molar-refractivity contribution in [2.24, 2.45) is 23.2 Å². The SMILES string of the molecule is O=C(CC12CC3CC(CC(C3)C1)C2)NCCCCCOCCOCCOCC1=CCCC=C1. The summed E-state index contributed by atoms with van der Waals surface area (Å²) >= 11 is 0. The van der Waals surface area contributed by atoms with E-state index < -0.39 is 0 Å². The average Bonchev–Trinajstić information content (AvgIpc) is 2.78. The van der Waals surface area contributed by atoms with Gasteiger partial charge in [-0.2, -0.15) is 0 Å². The van der Waals surface area contributed by atoms with Gasteiger partial charge in [-0.1, -0.05) is 18.2 Å². The van der Waals surface area contributed by atoms with Crippen LogP contribution >= 0.6 is 0 Å². The van der Waals surface area contributed by atoms with E-state index in [1.165, 1.54) is 44.1 Å². The molecular weight excluding hydrogens is 414 g/mol. The first-order valence-corrected chi connectivity index (χ1v) is 13.6. The summed E-state index contributed by atoms with van der Waals surface area (Å²) in [7, 11) is 0. The molecule has 1 N–H and O–H groups in total. The van der Waals surface area contributed by atoms with Crippen molar-refractivity contribution in [1.82, 2.24) is 5.32 Å². The number of hydrogen-bond acceptors (Lipinski definition) is 4. The first-order valence-electron chi connectivity index (χ1n) is 13.6. The summed E-state index contributed by atoms with van der Waals surface area (Å²) in [5.41, 5.74) is 1.62. The zero-order valence-electron chi connectivity index (χ0n) is 20.5. The summed E-state index contributed by atoms with van der Waals surface area (Å²) in [6.45, 7) is 4.74. The zero-order valence-corrected chi connectivity index (χ0v) is 20.5. The quantitative estimate of drug-likeness (QED) is 0.322. The van der Waals surface area contributed by atoms with Crippen LogP contribution < -0.4 is 5.32 Å². The summed E-state index contributed by atoms with van der Waals surface area (Å²) in [6.07, 6.45) is 21.1. The molecule has 0 aliphatic heterocycles.